The number of aliphatic carboxylic acids is 1. The summed E-state index contributed by atoms with van der Waals surface area (Å²) in [5.41, 5.74) is -1.08. The first-order valence-electron chi connectivity index (χ1n) is 4.70. The second-order valence-corrected chi connectivity index (χ2v) is 5.41. The molecule has 15 heavy (non-hydrogen) atoms. The van der Waals surface area contributed by atoms with Crippen LogP contribution < -0.4 is 10.5 Å². The molecule has 0 saturated carbocycles. The molecule has 0 rings (SSSR count). The molecule has 0 aromatic heterocycles. The van der Waals surface area contributed by atoms with Crippen molar-refractivity contribution < 1.29 is 18.3 Å². The van der Waals surface area contributed by atoms with Crippen LogP contribution in [0.3, 0.4) is 0 Å². The topological polar surface area (TPSA) is 109 Å². The van der Waals surface area contributed by atoms with Crippen LogP contribution in [0.2, 0.25) is 0 Å². The molecule has 0 saturated heterocycles. The van der Waals surface area contributed by atoms with Crippen molar-refractivity contribution >= 4 is 16.0 Å². The fourth-order valence-corrected chi connectivity index (χ4v) is 1.63. The fourth-order valence-electron chi connectivity index (χ4n) is 1.24. The average Bonchev–Trinajstić information content (AvgIpc) is 2.01. The number of carboxylic acid groups (broad SMARTS) is 1. The fraction of sp³-hybridized carbons (Fsp3) is 0.875. The number of nitrogens with one attached hydrogen (secondary N) is 1. The molecule has 0 aliphatic carbocycles. The lowest BCUT2D eigenvalue weighted by Gasteiger charge is -2.25. The average molecular weight is 238 g/mol. The predicted molar refractivity (Wildman–Crippen MR) is 56.9 cm³/mol. The Kier molecular flexibility index (Phi) is 5.19. The largest absolute Gasteiger partial charge is 0.480 e. The van der Waals surface area contributed by atoms with Crippen molar-refractivity contribution in [1.29, 1.82) is 0 Å². The van der Waals surface area contributed by atoms with Gasteiger partial charge < -0.3 is 10.4 Å². The number of rotatable bonds is 7. The molecule has 0 fully saturated rings. The molecule has 1 atom stereocenters. The Morgan fingerprint density at radius 2 is 2.07 bits per heavy atom. The number of hydrogen-bond donors (Lipinski definition) is 3. The van der Waals surface area contributed by atoms with E-state index in [1.54, 1.807) is 0 Å². The number of sulfonamides is 1. The van der Waals surface area contributed by atoms with Gasteiger partial charge in [0.25, 0.3) is 0 Å². The smallest absolute Gasteiger partial charge is 0.323 e. The second kappa shape index (κ2) is 5.43. The molecule has 90 valence electrons. The minimum absolute atomic E-state index is 0.0433. The van der Waals surface area contributed by atoms with Crippen molar-refractivity contribution in [2.24, 2.45) is 5.14 Å². The van der Waals surface area contributed by atoms with Crippen LogP contribution in [0.1, 0.15) is 26.7 Å². The van der Waals surface area contributed by atoms with Crippen LogP contribution in [0.4, 0.5) is 0 Å². The summed E-state index contributed by atoms with van der Waals surface area (Å²) in [4.78, 5) is 10.9. The van der Waals surface area contributed by atoms with Crippen LogP contribution in [0.25, 0.3) is 0 Å². The van der Waals surface area contributed by atoms with E-state index in [-0.39, 0.29) is 12.3 Å². The Bertz CT molecular complexity index is 315. The lowest BCUT2D eigenvalue weighted by Crippen LogP contribution is -2.51. The zero-order valence-electron chi connectivity index (χ0n) is 8.99. The Balaban J connectivity index is 4.26. The molecule has 0 radical (unpaired) electrons. The molecule has 0 amide bonds. The first kappa shape index (κ1) is 14.3. The summed E-state index contributed by atoms with van der Waals surface area (Å²) in [7, 11) is -3.54. The van der Waals surface area contributed by atoms with Gasteiger partial charge in [0, 0.05) is 6.54 Å². The SMILES string of the molecule is CCCC(C)(NCCS(N)(=O)=O)C(=O)O. The van der Waals surface area contributed by atoms with Gasteiger partial charge in [-0.15, -0.1) is 0 Å². The van der Waals surface area contributed by atoms with E-state index in [4.69, 9.17) is 10.2 Å². The van der Waals surface area contributed by atoms with Gasteiger partial charge >= 0.3 is 5.97 Å². The molecule has 0 heterocycles. The van der Waals surface area contributed by atoms with Gasteiger partial charge in [-0.25, -0.2) is 13.6 Å². The van der Waals surface area contributed by atoms with Gasteiger partial charge in [0.2, 0.25) is 10.0 Å². The van der Waals surface area contributed by atoms with E-state index in [2.05, 4.69) is 5.32 Å². The van der Waals surface area contributed by atoms with Gasteiger partial charge in [0.1, 0.15) is 5.54 Å². The summed E-state index contributed by atoms with van der Waals surface area (Å²) in [6, 6.07) is 0. The Morgan fingerprint density at radius 1 is 1.53 bits per heavy atom. The van der Waals surface area contributed by atoms with Crippen LogP contribution in [0, 0.1) is 0 Å². The minimum Gasteiger partial charge on any atom is -0.480 e. The molecule has 0 spiro atoms. The van der Waals surface area contributed by atoms with Gasteiger partial charge in [0.05, 0.1) is 5.75 Å². The van der Waals surface area contributed by atoms with Gasteiger partial charge in [0.15, 0.2) is 0 Å². The molecule has 0 bridgehead atoms. The summed E-state index contributed by atoms with van der Waals surface area (Å²) >= 11 is 0. The van der Waals surface area contributed by atoms with Gasteiger partial charge in [-0.05, 0) is 13.3 Å². The minimum atomic E-state index is -3.54. The van der Waals surface area contributed by atoms with E-state index >= 15 is 0 Å². The van der Waals surface area contributed by atoms with Crippen molar-refractivity contribution in [3.8, 4) is 0 Å². The summed E-state index contributed by atoms with van der Waals surface area (Å²) < 4.78 is 21.3. The van der Waals surface area contributed by atoms with E-state index in [1.807, 2.05) is 6.92 Å². The molecule has 6 nitrogen and oxygen atoms in total. The number of carbonyl (C=O) groups is 1. The van der Waals surface area contributed by atoms with E-state index in [0.29, 0.717) is 12.8 Å². The number of primary sulfonamides is 1. The molecule has 0 aromatic rings. The monoisotopic (exact) mass is 238 g/mol. The standard InChI is InChI=1S/C8H18N2O4S/c1-3-4-8(2,7(11)12)10-5-6-15(9,13)14/h10H,3-6H2,1-2H3,(H,11,12)(H2,9,13,14). The molecular formula is C8H18N2O4S. The van der Waals surface area contributed by atoms with Crippen LogP contribution in [0.15, 0.2) is 0 Å². The Hall–Kier alpha value is -0.660. The van der Waals surface area contributed by atoms with E-state index in [1.165, 1.54) is 6.92 Å². The Morgan fingerprint density at radius 3 is 2.40 bits per heavy atom. The molecule has 0 aliphatic heterocycles. The van der Waals surface area contributed by atoms with Gasteiger partial charge in [-0.3, -0.25) is 4.79 Å². The van der Waals surface area contributed by atoms with Crippen molar-refractivity contribution in [2.45, 2.75) is 32.2 Å². The van der Waals surface area contributed by atoms with Crippen molar-refractivity contribution in [2.75, 3.05) is 12.3 Å². The van der Waals surface area contributed by atoms with Crippen LogP contribution in [-0.2, 0) is 14.8 Å². The maximum Gasteiger partial charge on any atom is 0.323 e. The third-order valence-electron chi connectivity index (χ3n) is 2.12. The molecule has 1 unspecified atom stereocenters. The van der Waals surface area contributed by atoms with Crippen molar-refractivity contribution in [3.63, 3.8) is 0 Å². The lowest BCUT2D eigenvalue weighted by molar-refractivity contribution is -0.144. The normalized spacial score (nSPS) is 15.9. The van der Waals surface area contributed by atoms with Crippen molar-refractivity contribution in [3.05, 3.63) is 0 Å². The zero-order valence-corrected chi connectivity index (χ0v) is 9.80. The molecule has 4 N–H and O–H groups in total. The third-order valence-corrected chi connectivity index (χ3v) is 2.90. The summed E-state index contributed by atoms with van der Waals surface area (Å²) in [5, 5.41) is 16.4. The summed E-state index contributed by atoms with van der Waals surface area (Å²) in [6.45, 7) is 3.44. The number of carboxylic acids is 1. The third kappa shape index (κ3) is 5.71. The van der Waals surface area contributed by atoms with Crippen molar-refractivity contribution in [1.82, 2.24) is 5.32 Å². The van der Waals surface area contributed by atoms with Crippen LogP contribution in [0.5, 0.6) is 0 Å². The maximum absolute atomic E-state index is 10.9. The molecule has 0 aromatic carbocycles. The summed E-state index contributed by atoms with van der Waals surface area (Å²) in [6.07, 6.45) is 1.14. The predicted octanol–water partition coefficient (Wildman–Crippen LogP) is -0.492. The highest BCUT2D eigenvalue weighted by molar-refractivity contribution is 7.89. The van der Waals surface area contributed by atoms with Gasteiger partial charge in [-0.1, -0.05) is 13.3 Å². The lowest BCUT2D eigenvalue weighted by atomic mass is 9.96. The summed E-state index contributed by atoms with van der Waals surface area (Å²) in [5.74, 6) is -1.25. The van der Waals surface area contributed by atoms with E-state index in [0.717, 1.165) is 0 Å². The van der Waals surface area contributed by atoms with Crippen LogP contribution >= 0.6 is 0 Å². The second-order valence-electron chi connectivity index (χ2n) is 3.68. The zero-order chi connectivity index (χ0) is 12.1. The van der Waals surface area contributed by atoms with E-state index in [9.17, 15) is 13.2 Å². The van der Waals surface area contributed by atoms with Gasteiger partial charge in [-0.2, -0.15) is 0 Å². The molecule has 0 aliphatic rings. The molecular weight excluding hydrogens is 220 g/mol. The highest BCUT2D eigenvalue weighted by atomic mass is 32.2. The quantitative estimate of drug-likeness (QED) is 0.554. The van der Waals surface area contributed by atoms with E-state index < -0.39 is 21.5 Å². The highest BCUT2D eigenvalue weighted by Crippen LogP contribution is 2.11. The number of nitrogens with two attached hydrogens (primary N) is 1. The highest BCUT2D eigenvalue weighted by Gasteiger charge is 2.31. The maximum atomic E-state index is 10.9. The first-order chi connectivity index (χ1) is 6.71. The molecule has 7 heteroatoms. The number of hydrogen-bond acceptors (Lipinski definition) is 4. The first-order valence-corrected chi connectivity index (χ1v) is 6.42. The van der Waals surface area contributed by atoms with Crippen LogP contribution in [-0.4, -0.2) is 37.3 Å². The Labute approximate surface area is 89.9 Å².